The number of hydrogen-bond acceptors (Lipinski definition) is 2. The van der Waals surface area contributed by atoms with Crippen LogP contribution in [-0.2, 0) is 11.3 Å². The van der Waals surface area contributed by atoms with Crippen LogP contribution < -0.4 is 0 Å². The molecule has 1 saturated heterocycles. The highest BCUT2D eigenvalue weighted by Crippen LogP contribution is 2.26. The lowest BCUT2D eigenvalue weighted by atomic mass is 10.0. The zero-order valence-electron chi connectivity index (χ0n) is 9.77. The lowest BCUT2D eigenvalue weighted by Crippen LogP contribution is -2.32. The highest BCUT2D eigenvalue weighted by atomic mass is 19.1. The van der Waals surface area contributed by atoms with Gasteiger partial charge in [-0.3, -0.25) is 9.69 Å². The van der Waals surface area contributed by atoms with Crippen LogP contribution in [-0.4, -0.2) is 28.6 Å². The monoisotopic (exact) mass is 237 g/mol. The Labute approximate surface area is 99.9 Å². The maximum Gasteiger partial charge on any atom is 0.308 e. The van der Waals surface area contributed by atoms with Crippen LogP contribution in [0.2, 0.25) is 0 Å². The average molecular weight is 237 g/mol. The molecule has 0 aliphatic carbocycles. The molecule has 1 aromatic rings. The third-order valence-corrected chi connectivity index (χ3v) is 3.53. The Balaban J connectivity index is 2.06. The summed E-state index contributed by atoms with van der Waals surface area (Å²) < 4.78 is 13.5. The molecule has 0 amide bonds. The van der Waals surface area contributed by atoms with E-state index in [1.54, 1.807) is 18.2 Å². The molecule has 0 saturated carbocycles. The molecule has 0 radical (unpaired) electrons. The molecule has 2 rings (SSSR count). The Hall–Kier alpha value is -1.42. The predicted molar refractivity (Wildman–Crippen MR) is 62.0 cm³/mol. The largest absolute Gasteiger partial charge is 0.481 e. The number of aliphatic carboxylic acids is 1. The summed E-state index contributed by atoms with van der Waals surface area (Å²) in [4.78, 5) is 13.0. The van der Waals surface area contributed by atoms with Crippen LogP contribution in [0.5, 0.6) is 0 Å². The van der Waals surface area contributed by atoms with E-state index in [9.17, 15) is 9.18 Å². The first kappa shape index (κ1) is 12.0. The zero-order chi connectivity index (χ0) is 12.4. The Morgan fingerprint density at radius 2 is 2.24 bits per heavy atom. The van der Waals surface area contributed by atoms with E-state index in [1.165, 1.54) is 6.07 Å². The fraction of sp³-hybridized carbons (Fsp3) is 0.462. The molecule has 4 heteroatoms. The summed E-state index contributed by atoms with van der Waals surface area (Å²) >= 11 is 0. The van der Waals surface area contributed by atoms with Crippen LogP contribution in [0.1, 0.15) is 18.9 Å². The Bertz CT molecular complexity index is 422. The number of hydrogen-bond donors (Lipinski definition) is 1. The van der Waals surface area contributed by atoms with Crippen molar-refractivity contribution in [2.75, 3.05) is 6.54 Å². The van der Waals surface area contributed by atoms with Gasteiger partial charge in [-0.15, -0.1) is 0 Å². The zero-order valence-corrected chi connectivity index (χ0v) is 9.77. The molecule has 1 aliphatic heterocycles. The van der Waals surface area contributed by atoms with E-state index in [0.717, 1.165) is 0 Å². The first-order valence-electron chi connectivity index (χ1n) is 5.80. The maximum absolute atomic E-state index is 13.5. The van der Waals surface area contributed by atoms with Gasteiger partial charge in [-0.05, 0) is 26.0 Å². The third-order valence-electron chi connectivity index (χ3n) is 3.53. The van der Waals surface area contributed by atoms with Crippen molar-refractivity contribution in [2.24, 2.45) is 5.92 Å². The van der Waals surface area contributed by atoms with E-state index in [-0.39, 0.29) is 17.8 Å². The maximum atomic E-state index is 13.5. The van der Waals surface area contributed by atoms with Crippen molar-refractivity contribution in [1.29, 1.82) is 0 Å². The number of carboxylic acids is 1. The van der Waals surface area contributed by atoms with Crippen LogP contribution in [0.25, 0.3) is 0 Å². The second-order valence-electron chi connectivity index (χ2n) is 4.54. The SMILES string of the molecule is CC1C(C(=O)O)CCN1Cc1ccccc1F. The minimum Gasteiger partial charge on any atom is -0.481 e. The van der Waals surface area contributed by atoms with Gasteiger partial charge in [-0.2, -0.15) is 0 Å². The molecule has 1 heterocycles. The molecule has 1 aromatic carbocycles. The first-order valence-corrected chi connectivity index (χ1v) is 5.80. The quantitative estimate of drug-likeness (QED) is 0.875. The molecule has 0 aromatic heterocycles. The van der Waals surface area contributed by atoms with Crippen molar-refractivity contribution >= 4 is 5.97 Å². The van der Waals surface area contributed by atoms with Crippen LogP contribution in [0.4, 0.5) is 4.39 Å². The minimum absolute atomic E-state index is 0.0351. The van der Waals surface area contributed by atoms with Gasteiger partial charge in [0.15, 0.2) is 0 Å². The summed E-state index contributed by atoms with van der Waals surface area (Å²) in [6, 6.07) is 6.60. The molecule has 2 atom stereocenters. The summed E-state index contributed by atoms with van der Waals surface area (Å²) in [6.07, 6.45) is 0.644. The van der Waals surface area contributed by atoms with Gasteiger partial charge >= 0.3 is 5.97 Å². The summed E-state index contributed by atoms with van der Waals surface area (Å²) in [6.45, 7) is 3.09. The Kier molecular flexibility index (Phi) is 3.43. The number of benzene rings is 1. The molecule has 0 spiro atoms. The highest BCUT2D eigenvalue weighted by molar-refractivity contribution is 5.71. The fourth-order valence-electron chi connectivity index (χ4n) is 2.40. The van der Waals surface area contributed by atoms with Crippen molar-refractivity contribution < 1.29 is 14.3 Å². The molecule has 1 fully saturated rings. The van der Waals surface area contributed by atoms with Crippen molar-refractivity contribution in [2.45, 2.75) is 25.9 Å². The summed E-state index contributed by atoms with van der Waals surface area (Å²) in [5.74, 6) is -1.31. The molecule has 17 heavy (non-hydrogen) atoms. The Morgan fingerprint density at radius 1 is 1.53 bits per heavy atom. The number of halogens is 1. The molecule has 2 unspecified atom stereocenters. The summed E-state index contributed by atoms with van der Waals surface area (Å²) in [5.41, 5.74) is 0.630. The van der Waals surface area contributed by atoms with Gasteiger partial charge in [-0.1, -0.05) is 18.2 Å². The van der Waals surface area contributed by atoms with Gasteiger partial charge in [0.1, 0.15) is 5.82 Å². The molecule has 1 N–H and O–H groups in total. The summed E-state index contributed by atoms with van der Waals surface area (Å²) in [5, 5.41) is 9.02. The van der Waals surface area contributed by atoms with Gasteiger partial charge in [0, 0.05) is 18.2 Å². The first-order chi connectivity index (χ1) is 8.09. The predicted octanol–water partition coefficient (Wildman–Crippen LogP) is 2.12. The fourth-order valence-corrected chi connectivity index (χ4v) is 2.40. The number of carbonyl (C=O) groups is 1. The van der Waals surface area contributed by atoms with Gasteiger partial charge in [0.05, 0.1) is 5.92 Å². The van der Waals surface area contributed by atoms with Gasteiger partial charge in [0.25, 0.3) is 0 Å². The molecular weight excluding hydrogens is 221 g/mol. The number of rotatable bonds is 3. The van der Waals surface area contributed by atoms with Gasteiger partial charge < -0.3 is 5.11 Å². The minimum atomic E-state index is -0.756. The van der Waals surface area contributed by atoms with Crippen LogP contribution in [0.3, 0.4) is 0 Å². The standard InChI is InChI=1S/C13H16FNO2/c1-9-11(13(16)17)6-7-15(9)8-10-4-2-3-5-12(10)14/h2-5,9,11H,6-8H2,1H3,(H,16,17). The second-order valence-corrected chi connectivity index (χ2v) is 4.54. The molecule has 0 bridgehead atoms. The van der Waals surface area contributed by atoms with E-state index in [1.807, 2.05) is 11.8 Å². The van der Waals surface area contributed by atoms with Crippen molar-refractivity contribution in [1.82, 2.24) is 4.90 Å². The molecular formula is C13H16FNO2. The van der Waals surface area contributed by atoms with Crippen LogP contribution in [0.15, 0.2) is 24.3 Å². The van der Waals surface area contributed by atoms with Crippen molar-refractivity contribution in [3.8, 4) is 0 Å². The normalized spacial score (nSPS) is 25.1. The second kappa shape index (κ2) is 4.84. The lowest BCUT2D eigenvalue weighted by molar-refractivity contribution is -0.142. The van der Waals surface area contributed by atoms with E-state index in [0.29, 0.717) is 25.1 Å². The Morgan fingerprint density at radius 3 is 2.82 bits per heavy atom. The summed E-state index contributed by atoms with van der Waals surface area (Å²) in [7, 11) is 0. The third kappa shape index (κ3) is 2.47. The van der Waals surface area contributed by atoms with E-state index >= 15 is 0 Å². The van der Waals surface area contributed by atoms with Gasteiger partial charge in [0.2, 0.25) is 0 Å². The number of nitrogens with zero attached hydrogens (tertiary/aromatic N) is 1. The topological polar surface area (TPSA) is 40.5 Å². The lowest BCUT2D eigenvalue weighted by Gasteiger charge is -2.23. The smallest absolute Gasteiger partial charge is 0.308 e. The van der Waals surface area contributed by atoms with E-state index in [2.05, 4.69) is 0 Å². The average Bonchev–Trinajstić information content (AvgIpc) is 2.64. The molecule has 1 aliphatic rings. The number of carboxylic acid groups (broad SMARTS) is 1. The molecule has 92 valence electrons. The van der Waals surface area contributed by atoms with Gasteiger partial charge in [-0.25, -0.2) is 4.39 Å². The van der Waals surface area contributed by atoms with Crippen molar-refractivity contribution in [3.05, 3.63) is 35.6 Å². The molecule has 3 nitrogen and oxygen atoms in total. The van der Waals surface area contributed by atoms with Crippen molar-refractivity contribution in [3.63, 3.8) is 0 Å². The highest BCUT2D eigenvalue weighted by Gasteiger charge is 2.35. The van der Waals surface area contributed by atoms with E-state index in [4.69, 9.17) is 5.11 Å². The van der Waals surface area contributed by atoms with Crippen LogP contribution in [0, 0.1) is 11.7 Å². The number of likely N-dealkylation sites (tertiary alicyclic amines) is 1. The van der Waals surface area contributed by atoms with Crippen LogP contribution >= 0.6 is 0 Å². The van der Waals surface area contributed by atoms with E-state index < -0.39 is 5.97 Å².